The van der Waals surface area contributed by atoms with Crippen LogP contribution in [0.4, 0.5) is 15.8 Å². The summed E-state index contributed by atoms with van der Waals surface area (Å²) in [7, 11) is 0. The molecule has 1 N–H and O–H groups in total. The van der Waals surface area contributed by atoms with E-state index in [9.17, 15) is 14.0 Å². The second-order valence-electron chi connectivity index (χ2n) is 7.69. The van der Waals surface area contributed by atoms with Gasteiger partial charge in [0.1, 0.15) is 6.61 Å². The smallest absolute Gasteiger partial charge is 0.237 e. The Morgan fingerprint density at radius 2 is 2.03 bits per heavy atom. The maximum Gasteiger partial charge on any atom is 0.237 e. The van der Waals surface area contributed by atoms with Crippen molar-refractivity contribution in [1.82, 2.24) is 14.8 Å². The summed E-state index contributed by atoms with van der Waals surface area (Å²) in [5, 5.41) is 11.7. The largest absolute Gasteiger partial charge is 0.483 e. The fourth-order valence-electron chi connectivity index (χ4n) is 3.71. The van der Waals surface area contributed by atoms with Crippen molar-refractivity contribution < 1.29 is 18.7 Å². The molecule has 1 unspecified atom stereocenters. The van der Waals surface area contributed by atoms with Crippen LogP contribution in [0.1, 0.15) is 19.2 Å². The minimum atomic E-state index is -0.461. The highest BCUT2D eigenvalue weighted by Crippen LogP contribution is 2.32. The van der Waals surface area contributed by atoms with E-state index in [4.69, 9.17) is 4.74 Å². The Kier molecular flexibility index (Phi) is 7.27. The molecule has 2 amide bonds. The standard InChI is InChI=1S/C24H24FN5O3S/c1-3-12-29-21(14-33-20-11-7-4-8-17(20)25)27-28-24(29)34-15-23(32)30-16(2)13-22(31)26-18-9-5-6-10-19(18)30/h3-11,16H,1,12-15H2,2H3,(H,26,31). The van der Waals surface area contributed by atoms with E-state index in [1.165, 1.54) is 23.9 Å². The van der Waals surface area contributed by atoms with Gasteiger partial charge in [0.15, 0.2) is 22.5 Å². The summed E-state index contributed by atoms with van der Waals surface area (Å²) in [6, 6.07) is 13.1. The fourth-order valence-corrected chi connectivity index (χ4v) is 4.54. The number of rotatable bonds is 8. The first-order valence-electron chi connectivity index (χ1n) is 10.7. The SMILES string of the molecule is C=CCn1c(COc2ccccc2F)nnc1SCC(=O)N1c2ccccc2NC(=O)CC1C. The number of halogens is 1. The molecule has 3 aromatic rings. The van der Waals surface area contributed by atoms with E-state index in [1.54, 1.807) is 33.7 Å². The summed E-state index contributed by atoms with van der Waals surface area (Å²) in [6.45, 7) is 6.04. The zero-order chi connectivity index (χ0) is 24.1. The van der Waals surface area contributed by atoms with Gasteiger partial charge in [-0.05, 0) is 31.2 Å². The zero-order valence-corrected chi connectivity index (χ0v) is 19.4. The van der Waals surface area contributed by atoms with E-state index in [2.05, 4.69) is 22.1 Å². The number of fused-ring (bicyclic) bond motifs is 1. The molecule has 10 heteroatoms. The monoisotopic (exact) mass is 481 g/mol. The molecule has 176 valence electrons. The van der Waals surface area contributed by atoms with E-state index in [-0.39, 0.29) is 42.4 Å². The van der Waals surface area contributed by atoms with E-state index in [0.29, 0.717) is 28.9 Å². The maximum absolute atomic E-state index is 13.9. The normalized spacial score (nSPS) is 15.3. The predicted molar refractivity (Wildman–Crippen MR) is 128 cm³/mol. The van der Waals surface area contributed by atoms with Crippen LogP contribution in [0.25, 0.3) is 0 Å². The third kappa shape index (κ3) is 5.12. The van der Waals surface area contributed by atoms with Crippen LogP contribution in [-0.4, -0.2) is 38.4 Å². The Morgan fingerprint density at radius 3 is 2.82 bits per heavy atom. The highest BCUT2D eigenvalue weighted by molar-refractivity contribution is 7.99. The highest BCUT2D eigenvalue weighted by Gasteiger charge is 2.29. The van der Waals surface area contributed by atoms with Gasteiger partial charge in [0.05, 0.1) is 17.1 Å². The lowest BCUT2D eigenvalue weighted by Gasteiger charge is -2.27. The molecule has 1 aromatic heterocycles. The molecule has 0 bridgehead atoms. The first-order valence-corrected chi connectivity index (χ1v) is 11.7. The Balaban J connectivity index is 1.49. The molecule has 1 aliphatic heterocycles. The summed E-state index contributed by atoms with van der Waals surface area (Å²) in [5.41, 5.74) is 1.27. The Bertz CT molecular complexity index is 1210. The third-order valence-electron chi connectivity index (χ3n) is 5.25. The van der Waals surface area contributed by atoms with Crippen molar-refractivity contribution in [2.24, 2.45) is 0 Å². The van der Waals surface area contributed by atoms with Gasteiger partial charge in [-0.3, -0.25) is 14.2 Å². The number of hydrogen-bond donors (Lipinski definition) is 1. The molecule has 8 nitrogen and oxygen atoms in total. The van der Waals surface area contributed by atoms with E-state index in [0.717, 1.165) is 0 Å². The lowest BCUT2D eigenvalue weighted by atomic mass is 10.2. The second kappa shape index (κ2) is 10.5. The predicted octanol–water partition coefficient (Wildman–Crippen LogP) is 4.04. The number of allylic oxidation sites excluding steroid dienone is 1. The number of carbonyl (C=O) groups excluding carboxylic acids is 2. The Labute approximate surface area is 200 Å². The van der Waals surface area contributed by atoms with Crippen LogP contribution in [-0.2, 0) is 22.7 Å². The van der Waals surface area contributed by atoms with E-state index >= 15 is 0 Å². The van der Waals surface area contributed by atoms with E-state index in [1.807, 2.05) is 25.1 Å². The highest BCUT2D eigenvalue weighted by atomic mass is 32.2. The average Bonchev–Trinajstić information content (AvgIpc) is 3.13. The molecular weight excluding hydrogens is 457 g/mol. The van der Waals surface area contributed by atoms with Gasteiger partial charge in [-0.25, -0.2) is 4.39 Å². The summed E-state index contributed by atoms with van der Waals surface area (Å²) >= 11 is 1.23. The van der Waals surface area contributed by atoms with Gasteiger partial charge in [-0.2, -0.15) is 0 Å². The van der Waals surface area contributed by atoms with Gasteiger partial charge in [0.2, 0.25) is 11.8 Å². The van der Waals surface area contributed by atoms with Crippen LogP contribution in [0.3, 0.4) is 0 Å². The van der Waals surface area contributed by atoms with Crippen LogP contribution >= 0.6 is 11.8 Å². The number of benzene rings is 2. The number of ether oxygens (including phenoxy) is 1. The molecule has 2 aromatic carbocycles. The molecule has 0 spiro atoms. The van der Waals surface area contributed by atoms with Crippen LogP contribution in [0.15, 0.2) is 66.3 Å². The van der Waals surface area contributed by atoms with Crippen molar-refractivity contribution in [3.8, 4) is 5.75 Å². The van der Waals surface area contributed by atoms with Gasteiger partial charge in [-0.1, -0.05) is 42.1 Å². The summed E-state index contributed by atoms with van der Waals surface area (Å²) in [6.07, 6.45) is 1.89. The van der Waals surface area contributed by atoms with E-state index < -0.39 is 5.82 Å². The van der Waals surface area contributed by atoms with Crippen molar-refractivity contribution in [2.75, 3.05) is 16.0 Å². The number of amides is 2. The van der Waals surface area contributed by atoms with Crippen molar-refractivity contribution >= 4 is 35.0 Å². The number of hydrogen-bond acceptors (Lipinski definition) is 6. The number of nitrogens with zero attached hydrogens (tertiary/aromatic N) is 4. The van der Waals surface area contributed by atoms with Gasteiger partial charge >= 0.3 is 0 Å². The minimum Gasteiger partial charge on any atom is -0.483 e. The molecule has 0 saturated carbocycles. The molecular formula is C24H24FN5O3S. The molecule has 0 fully saturated rings. The molecule has 4 rings (SSSR count). The van der Waals surface area contributed by atoms with Gasteiger partial charge in [-0.15, -0.1) is 16.8 Å². The molecule has 0 radical (unpaired) electrons. The second-order valence-corrected chi connectivity index (χ2v) is 8.63. The molecule has 34 heavy (non-hydrogen) atoms. The van der Waals surface area contributed by atoms with Gasteiger partial charge in [0, 0.05) is 19.0 Å². The number of aromatic nitrogens is 3. The molecule has 0 aliphatic carbocycles. The van der Waals surface area contributed by atoms with Crippen LogP contribution in [0.2, 0.25) is 0 Å². The summed E-state index contributed by atoms with van der Waals surface area (Å²) in [5.74, 6) is -0.0429. The lowest BCUT2D eigenvalue weighted by molar-refractivity contribution is -0.117. The third-order valence-corrected chi connectivity index (χ3v) is 6.20. The van der Waals surface area contributed by atoms with Crippen molar-refractivity contribution in [3.05, 3.63) is 72.8 Å². The number of para-hydroxylation sites is 3. The first-order chi connectivity index (χ1) is 16.5. The van der Waals surface area contributed by atoms with Crippen LogP contribution in [0.5, 0.6) is 5.75 Å². The number of thioether (sulfide) groups is 1. The fraction of sp³-hybridized carbons (Fsp3) is 0.250. The molecule has 0 saturated heterocycles. The van der Waals surface area contributed by atoms with Crippen molar-refractivity contribution in [3.63, 3.8) is 0 Å². The van der Waals surface area contributed by atoms with Crippen molar-refractivity contribution in [1.29, 1.82) is 0 Å². The zero-order valence-electron chi connectivity index (χ0n) is 18.6. The molecule has 1 atom stereocenters. The topological polar surface area (TPSA) is 89.3 Å². The first kappa shape index (κ1) is 23.5. The van der Waals surface area contributed by atoms with Gasteiger partial charge in [0.25, 0.3) is 0 Å². The number of carbonyl (C=O) groups is 2. The molecule has 1 aliphatic rings. The number of anilines is 2. The quantitative estimate of drug-likeness (QED) is 0.386. The summed E-state index contributed by atoms with van der Waals surface area (Å²) < 4.78 is 21.2. The molecule has 2 heterocycles. The lowest BCUT2D eigenvalue weighted by Crippen LogP contribution is -2.40. The van der Waals surface area contributed by atoms with Crippen LogP contribution < -0.4 is 15.0 Å². The number of nitrogens with one attached hydrogen (secondary N) is 1. The maximum atomic E-state index is 13.9. The van der Waals surface area contributed by atoms with Gasteiger partial charge < -0.3 is 15.0 Å². The Morgan fingerprint density at radius 1 is 1.26 bits per heavy atom. The van der Waals surface area contributed by atoms with Crippen molar-refractivity contribution in [2.45, 2.75) is 37.7 Å². The summed E-state index contributed by atoms with van der Waals surface area (Å²) in [4.78, 5) is 27.1. The van der Waals surface area contributed by atoms with Crippen LogP contribution in [0, 0.1) is 5.82 Å². The average molecular weight is 482 g/mol. The Hall–Kier alpha value is -3.66. The minimum absolute atomic E-state index is 0.0145.